The highest BCUT2D eigenvalue weighted by Gasteiger charge is 2.05. The molecular formula is C14H18N2O2. The van der Waals surface area contributed by atoms with Gasteiger partial charge in [0.2, 0.25) is 0 Å². The Hall–Kier alpha value is -1.84. The van der Waals surface area contributed by atoms with Gasteiger partial charge in [0.25, 0.3) is 5.56 Å². The zero-order chi connectivity index (χ0) is 13.0. The van der Waals surface area contributed by atoms with Crippen molar-refractivity contribution in [3.05, 3.63) is 34.2 Å². The van der Waals surface area contributed by atoms with Crippen LogP contribution in [0.5, 0.6) is 5.75 Å². The molecule has 0 bridgehead atoms. The van der Waals surface area contributed by atoms with Gasteiger partial charge in [0, 0.05) is 6.07 Å². The smallest absolute Gasteiger partial charge is 0.270 e. The van der Waals surface area contributed by atoms with E-state index in [1.165, 1.54) is 0 Å². The number of methoxy groups -OCH3 is 1. The molecule has 1 aromatic heterocycles. The molecule has 0 aliphatic heterocycles. The van der Waals surface area contributed by atoms with E-state index < -0.39 is 0 Å². The van der Waals surface area contributed by atoms with Gasteiger partial charge in [-0.05, 0) is 25.0 Å². The molecular weight excluding hydrogens is 228 g/mol. The average molecular weight is 246 g/mol. The first-order valence-electron chi connectivity index (χ1n) is 6.31. The number of nitrogens with one attached hydrogen (secondary N) is 1. The average Bonchev–Trinajstić information content (AvgIpc) is 2.39. The van der Waals surface area contributed by atoms with Crippen molar-refractivity contribution in [1.29, 1.82) is 0 Å². The molecule has 0 unspecified atom stereocenters. The van der Waals surface area contributed by atoms with Gasteiger partial charge in [0.1, 0.15) is 11.4 Å². The first kappa shape index (κ1) is 12.6. The second-order valence-electron chi connectivity index (χ2n) is 4.35. The summed E-state index contributed by atoms with van der Waals surface area (Å²) in [6.45, 7) is 2.14. The first-order chi connectivity index (χ1) is 8.74. The van der Waals surface area contributed by atoms with E-state index in [9.17, 15) is 4.79 Å². The van der Waals surface area contributed by atoms with Crippen molar-refractivity contribution in [2.45, 2.75) is 32.6 Å². The molecule has 0 spiro atoms. The van der Waals surface area contributed by atoms with Crippen LogP contribution in [0.15, 0.2) is 23.0 Å². The van der Waals surface area contributed by atoms with Gasteiger partial charge >= 0.3 is 0 Å². The Labute approximate surface area is 106 Å². The van der Waals surface area contributed by atoms with Crippen molar-refractivity contribution in [3.8, 4) is 5.75 Å². The second-order valence-corrected chi connectivity index (χ2v) is 4.35. The maximum atomic E-state index is 11.9. The lowest BCUT2D eigenvalue weighted by atomic mass is 10.1. The molecule has 2 rings (SSSR count). The van der Waals surface area contributed by atoms with Crippen molar-refractivity contribution in [3.63, 3.8) is 0 Å². The highest BCUT2D eigenvalue weighted by molar-refractivity contribution is 5.75. The van der Waals surface area contributed by atoms with E-state index in [1.807, 2.05) is 12.1 Å². The molecule has 1 heterocycles. The normalized spacial score (nSPS) is 10.8. The molecule has 4 nitrogen and oxygen atoms in total. The lowest BCUT2D eigenvalue weighted by Crippen LogP contribution is -2.15. The molecule has 1 N–H and O–H groups in total. The molecule has 1 aromatic carbocycles. The lowest BCUT2D eigenvalue weighted by molar-refractivity contribution is 0.415. The third-order valence-corrected chi connectivity index (χ3v) is 2.99. The predicted octanol–water partition coefficient (Wildman–Crippen LogP) is 2.66. The summed E-state index contributed by atoms with van der Waals surface area (Å²) in [5, 5.41) is 0. The largest absolute Gasteiger partial charge is 0.497 e. The van der Waals surface area contributed by atoms with Crippen LogP contribution in [-0.4, -0.2) is 17.1 Å². The third-order valence-electron chi connectivity index (χ3n) is 2.99. The standard InChI is InChI=1S/C14H18N2O2/c1-3-4-5-6-12-14(17)16-13-9-10(18-2)7-8-11(13)15-12/h7-9H,3-6H2,1-2H3,(H,16,17). The monoisotopic (exact) mass is 246 g/mol. The van der Waals surface area contributed by atoms with E-state index in [2.05, 4.69) is 16.9 Å². The van der Waals surface area contributed by atoms with Gasteiger partial charge in [-0.2, -0.15) is 0 Å². The summed E-state index contributed by atoms with van der Waals surface area (Å²) in [6, 6.07) is 5.51. The second kappa shape index (κ2) is 5.67. The number of rotatable bonds is 5. The Balaban J connectivity index is 2.34. The van der Waals surface area contributed by atoms with Crippen LogP contribution in [0.3, 0.4) is 0 Å². The van der Waals surface area contributed by atoms with Crippen LogP contribution in [0.4, 0.5) is 0 Å². The minimum absolute atomic E-state index is 0.0909. The van der Waals surface area contributed by atoms with E-state index in [0.29, 0.717) is 5.69 Å². The van der Waals surface area contributed by atoms with Crippen LogP contribution < -0.4 is 10.3 Å². The number of H-pyrrole nitrogens is 1. The van der Waals surface area contributed by atoms with E-state index in [1.54, 1.807) is 13.2 Å². The van der Waals surface area contributed by atoms with E-state index in [4.69, 9.17) is 4.74 Å². The number of hydrogen-bond donors (Lipinski definition) is 1. The number of unbranched alkanes of at least 4 members (excludes halogenated alkanes) is 2. The van der Waals surface area contributed by atoms with Crippen LogP contribution in [0, 0.1) is 0 Å². The topological polar surface area (TPSA) is 55.0 Å². The van der Waals surface area contributed by atoms with Crippen LogP contribution >= 0.6 is 0 Å². The molecule has 0 amide bonds. The molecule has 4 heteroatoms. The Morgan fingerprint density at radius 2 is 2.17 bits per heavy atom. The molecule has 0 atom stereocenters. The highest BCUT2D eigenvalue weighted by atomic mass is 16.5. The van der Waals surface area contributed by atoms with Gasteiger partial charge in [0.05, 0.1) is 18.1 Å². The van der Waals surface area contributed by atoms with Crippen molar-refractivity contribution < 1.29 is 4.74 Å². The van der Waals surface area contributed by atoms with Crippen LogP contribution in [0.25, 0.3) is 11.0 Å². The Morgan fingerprint density at radius 1 is 1.33 bits per heavy atom. The van der Waals surface area contributed by atoms with E-state index in [-0.39, 0.29) is 5.56 Å². The van der Waals surface area contributed by atoms with Crippen molar-refractivity contribution in [2.75, 3.05) is 7.11 Å². The molecule has 0 fully saturated rings. The summed E-state index contributed by atoms with van der Waals surface area (Å²) < 4.78 is 5.12. The highest BCUT2D eigenvalue weighted by Crippen LogP contribution is 2.16. The maximum absolute atomic E-state index is 11.9. The SMILES string of the molecule is CCCCCc1nc2ccc(OC)cc2[nH]c1=O. The van der Waals surface area contributed by atoms with Gasteiger partial charge in [-0.3, -0.25) is 4.79 Å². The van der Waals surface area contributed by atoms with E-state index >= 15 is 0 Å². The number of ether oxygens (including phenoxy) is 1. The summed E-state index contributed by atoms with van der Waals surface area (Å²) in [5.74, 6) is 0.721. The minimum atomic E-state index is -0.0909. The van der Waals surface area contributed by atoms with Gasteiger partial charge in [-0.1, -0.05) is 19.8 Å². The van der Waals surface area contributed by atoms with Crippen LogP contribution in [0.2, 0.25) is 0 Å². The summed E-state index contributed by atoms with van der Waals surface area (Å²) >= 11 is 0. The van der Waals surface area contributed by atoms with Gasteiger partial charge in [-0.25, -0.2) is 4.98 Å². The summed E-state index contributed by atoms with van der Waals surface area (Å²) in [7, 11) is 1.60. The van der Waals surface area contributed by atoms with Crippen molar-refractivity contribution >= 4 is 11.0 Å². The molecule has 0 aliphatic rings. The first-order valence-corrected chi connectivity index (χ1v) is 6.31. The van der Waals surface area contributed by atoms with Crippen LogP contribution in [0.1, 0.15) is 31.9 Å². The fourth-order valence-corrected chi connectivity index (χ4v) is 1.94. The number of nitrogens with zero attached hydrogens (tertiary/aromatic N) is 1. The molecule has 2 aromatic rings. The molecule has 96 valence electrons. The third kappa shape index (κ3) is 2.70. The zero-order valence-corrected chi connectivity index (χ0v) is 10.8. The van der Waals surface area contributed by atoms with Crippen LogP contribution in [-0.2, 0) is 6.42 Å². The maximum Gasteiger partial charge on any atom is 0.270 e. The number of aromatic nitrogens is 2. The molecule has 0 saturated carbocycles. The van der Waals surface area contributed by atoms with Gasteiger partial charge in [-0.15, -0.1) is 0 Å². The fraction of sp³-hybridized carbons (Fsp3) is 0.429. The number of aromatic amines is 1. The summed E-state index contributed by atoms with van der Waals surface area (Å²) in [4.78, 5) is 19.2. The fourth-order valence-electron chi connectivity index (χ4n) is 1.94. The zero-order valence-electron chi connectivity index (χ0n) is 10.8. The summed E-state index contributed by atoms with van der Waals surface area (Å²) in [6.07, 6.45) is 4.02. The Kier molecular flexibility index (Phi) is 3.97. The number of benzene rings is 1. The Morgan fingerprint density at radius 3 is 2.89 bits per heavy atom. The van der Waals surface area contributed by atoms with Gasteiger partial charge < -0.3 is 9.72 Å². The molecule has 0 saturated heterocycles. The van der Waals surface area contributed by atoms with Crippen molar-refractivity contribution in [2.24, 2.45) is 0 Å². The minimum Gasteiger partial charge on any atom is -0.497 e. The summed E-state index contributed by atoms with van der Waals surface area (Å²) in [5.41, 5.74) is 2.06. The lowest BCUT2D eigenvalue weighted by Gasteiger charge is -2.04. The Bertz CT molecular complexity index is 590. The number of aryl methyl sites for hydroxylation is 1. The number of hydrogen-bond acceptors (Lipinski definition) is 3. The number of fused-ring (bicyclic) bond motifs is 1. The molecule has 0 aliphatic carbocycles. The van der Waals surface area contributed by atoms with E-state index in [0.717, 1.165) is 42.5 Å². The van der Waals surface area contributed by atoms with Crippen molar-refractivity contribution in [1.82, 2.24) is 9.97 Å². The molecule has 0 radical (unpaired) electrons. The quantitative estimate of drug-likeness (QED) is 0.825. The van der Waals surface area contributed by atoms with Gasteiger partial charge in [0.15, 0.2) is 0 Å². The molecule has 18 heavy (non-hydrogen) atoms. The predicted molar refractivity (Wildman–Crippen MR) is 72.1 cm³/mol.